The number of halogens is 1. The van der Waals surface area contributed by atoms with Gasteiger partial charge in [0.1, 0.15) is 5.69 Å². The Bertz CT molecular complexity index is 1440. The molecule has 0 bridgehead atoms. The Morgan fingerprint density at radius 1 is 1.00 bits per heavy atom. The summed E-state index contributed by atoms with van der Waals surface area (Å²) in [6.07, 6.45) is 7.86. The highest BCUT2D eigenvalue weighted by Gasteiger charge is 2.19. The first kappa shape index (κ1) is 19.4. The summed E-state index contributed by atoms with van der Waals surface area (Å²) in [4.78, 5) is 17.0. The van der Waals surface area contributed by atoms with Crippen LogP contribution in [0, 0.1) is 5.82 Å². The Morgan fingerprint density at radius 2 is 1.84 bits per heavy atom. The highest BCUT2D eigenvalue weighted by molar-refractivity contribution is 5.59. The summed E-state index contributed by atoms with van der Waals surface area (Å²) in [5.41, 5.74) is 1.67. The second-order valence-corrected chi connectivity index (χ2v) is 6.89. The molecule has 32 heavy (non-hydrogen) atoms. The topological polar surface area (TPSA) is 79.8 Å². The van der Waals surface area contributed by atoms with Crippen LogP contribution in [-0.4, -0.2) is 36.2 Å². The number of hydrogen-bond donors (Lipinski definition) is 0. The van der Waals surface area contributed by atoms with Crippen LogP contribution in [0.15, 0.2) is 90.5 Å². The van der Waals surface area contributed by atoms with Crippen molar-refractivity contribution in [2.24, 2.45) is 0 Å². The molecule has 3 aromatic heterocycles. The second-order valence-electron chi connectivity index (χ2n) is 6.89. The third kappa shape index (κ3) is 3.35. The molecule has 0 aliphatic rings. The van der Waals surface area contributed by atoms with Crippen molar-refractivity contribution in [1.29, 1.82) is 0 Å². The summed E-state index contributed by atoms with van der Waals surface area (Å²) in [5.74, 6) is -0.481. The number of para-hydroxylation sites is 1. The molecule has 0 aliphatic heterocycles. The molecule has 2 aromatic carbocycles. The van der Waals surface area contributed by atoms with Crippen LogP contribution in [-0.2, 0) is 0 Å². The number of methoxy groups -OCH3 is 1. The first-order valence-electron chi connectivity index (χ1n) is 9.72. The van der Waals surface area contributed by atoms with Crippen molar-refractivity contribution in [1.82, 2.24) is 29.1 Å². The highest BCUT2D eigenvalue weighted by atomic mass is 19.1. The number of imidazole rings is 1. The van der Waals surface area contributed by atoms with Gasteiger partial charge in [-0.05, 0) is 30.3 Å². The van der Waals surface area contributed by atoms with E-state index in [0.29, 0.717) is 11.4 Å². The quantitative estimate of drug-likeness (QED) is 0.429. The molecule has 0 atom stereocenters. The smallest absolute Gasteiger partial charge is 0.251 e. The van der Waals surface area contributed by atoms with Crippen molar-refractivity contribution in [3.8, 4) is 34.2 Å². The Balaban J connectivity index is 1.66. The molecule has 0 amide bonds. The zero-order valence-electron chi connectivity index (χ0n) is 17.0. The number of benzene rings is 2. The number of aromatic nitrogens is 6. The minimum Gasteiger partial charge on any atom is -0.491 e. The lowest BCUT2D eigenvalue weighted by atomic mass is 10.2. The third-order valence-electron chi connectivity index (χ3n) is 4.97. The maximum Gasteiger partial charge on any atom is 0.251 e. The number of nitrogens with zero attached hydrogens (tertiary/aromatic N) is 6. The SMILES string of the molecule is COc1cn(-c2ccc(-n3ccnc3)cc2F)nc(-c2ccnn2-c2ccccc2)c1=O. The average molecular weight is 428 g/mol. The summed E-state index contributed by atoms with van der Waals surface area (Å²) in [5, 5.41) is 8.76. The lowest BCUT2D eigenvalue weighted by molar-refractivity contribution is 0.405. The van der Waals surface area contributed by atoms with Gasteiger partial charge < -0.3 is 9.30 Å². The van der Waals surface area contributed by atoms with Crippen molar-refractivity contribution in [3.05, 3.63) is 102 Å². The van der Waals surface area contributed by atoms with E-state index in [1.807, 2.05) is 30.3 Å². The predicted molar refractivity (Wildman–Crippen MR) is 116 cm³/mol. The third-order valence-corrected chi connectivity index (χ3v) is 4.97. The van der Waals surface area contributed by atoms with E-state index in [9.17, 15) is 4.79 Å². The van der Waals surface area contributed by atoms with Crippen molar-refractivity contribution >= 4 is 0 Å². The monoisotopic (exact) mass is 428 g/mol. The molecule has 0 radical (unpaired) electrons. The van der Waals surface area contributed by atoms with Crippen LogP contribution >= 0.6 is 0 Å². The lowest BCUT2D eigenvalue weighted by Gasteiger charge is -2.13. The van der Waals surface area contributed by atoms with E-state index >= 15 is 4.39 Å². The minimum absolute atomic E-state index is 0.0360. The van der Waals surface area contributed by atoms with E-state index in [2.05, 4.69) is 15.2 Å². The van der Waals surface area contributed by atoms with Crippen LogP contribution in [0.25, 0.3) is 28.5 Å². The number of ether oxygens (including phenoxy) is 1. The lowest BCUT2D eigenvalue weighted by Crippen LogP contribution is -2.18. The molecule has 158 valence electrons. The number of rotatable bonds is 5. The molecule has 8 nitrogen and oxygen atoms in total. The van der Waals surface area contributed by atoms with Gasteiger partial charge in [0.15, 0.2) is 17.3 Å². The summed E-state index contributed by atoms with van der Waals surface area (Å²) in [6, 6.07) is 15.7. The fraction of sp³-hybridized carbons (Fsp3) is 0.0435. The molecule has 0 spiro atoms. The predicted octanol–water partition coefficient (Wildman–Crippen LogP) is 3.42. The van der Waals surface area contributed by atoms with Gasteiger partial charge in [-0.15, -0.1) is 0 Å². The molecule has 0 aliphatic carbocycles. The van der Waals surface area contributed by atoms with Crippen molar-refractivity contribution < 1.29 is 9.13 Å². The van der Waals surface area contributed by atoms with Gasteiger partial charge in [-0.3, -0.25) is 4.79 Å². The first-order chi connectivity index (χ1) is 15.7. The van der Waals surface area contributed by atoms with Crippen LogP contribution < -0.4 is 10.2 Å². The van der Waals surface area contributed by atoms with Gasteiger partial charge in [0.2, 0.25) is 0 Å². The van der Waals surface area contributed by atoms with E-state index < -0.39 is 11.2 Å². The van der Waals surface area contributed by atoms with Crippen LogP contribution in [0.2, 0.25) is 0 Å². The Morgan fingerprint density at radius 3 is 2.56 bits per heavy atom. The van der Waals surface area contributed by atoms with Crippen molar-refractivity contribution in [2.45, 2.75) is 0 Å². The Labute approximate surface area is 181 Å². The van der Waals surface area contributed by atoms with E-state index in [1.54, 1.807) is 52.4 Å². The first-order valence-corrected chi connectivity index (χ1v) is 9.72. The molecule has 0 unspecified atom stereocenters. The normalized spacial score (nSPS) is 10.9. The zero-order valence-corrected chi connectivity index (χ0v) is 17.0. The highest BCUT2D eigenvalue weighted by Crippen LogP contribution is 2.23. The maximum atomic E-state index is 15.1. The molecular formula is C23H17FN6O2. The minimum atomic E-state index is -0.517. The van der Waals surface area contributed by atoms with Gasteiger partial charge in [-0.2, -0.15) is 10.2 Å². The van der Waals surface area contributed by atoms with Gasteiger partial charge in [0, 0.05) is 24.1 Å². The van der Waals surface area contributed by atoms with Gasteiger partial charge in [0.25, 0.3) is 5.43 Å². The van der Waals surface area contributed by atoms with E-state index in [-0.39, 0.29) is 17.1 Å². The standard InChI is InChI=1S/C23H17FN6O2/c1-32-21-14-29(19-8-7-17(13-18(19)24)28-12-11-25-15-28)27-22(23(21)31)20-9-10-26-30(20)16-5-3-2-4-6-16/h2-15H,1H3. The molecule has 0 fully saturated rings. The van der Waals surface area contributed by atoms with Gasteiger partial charge in [-0.1, -0.05) is 18.2 Å². The van der Waals surface area contributed by atoms with Crippen molar-refractivity contribution in [2.75, 3.05) is 7.11 Å². The van der Waals surface area contributed by atoms with Crippen LogP contribution in [0.4, 0.5) is 4.39 Å². The van der Waals surface area contributed by atoms with Crippen LogP contribution in [0.1, 0.15) is 0 Å². The maximum absolute atomic E-state index is 15.1. The van der Waals surface area contributed by atoms with E-state index in [1.165, 1.54) is 24.1 Å². The van der Waals surface area contributed by atoms with Gasteiger partial charge in [-0.25, -0.2) is 18.7 Å². The summed E-state index contributed by atoms with van der Waals surface area (Å²) >= 11 is 0. The van der Waals surface area contributed by atoms with E-state index in [0.717, 1.165) is 5.69 Å². The summed E-state index contributed by atoms with van der Waals surface area (Å²) in [6.45, 7) is 0. The molecule has 9 heteroatoms. The Kier molecular flexibility index (Phi) is 4.83. The molecule has 3 heterocycles. The number of hydrogen-bond acceptors (Lipinski definition) is 5. The average Bonchev–Trinajstić information content (AvgIpc) is 3.52. The fourth-order valence-electron chi connectivity index (χ4n) is 3.42. The fourth-order valence-corrected chi connectivity index (χ4v) is 3.42. The molecule has 0 saturated carbocycles. The van der Waals surface area contributed by atoms with E-state index in [4.69, 9.17) is 4.74 Å². The van der Waals surface area contributed by atoms with Crippen LogP contribution in [0.5, 0.6) is 5.75 Å². The molecular weight excluding hydrogens is 411 g/mol. The Hall–Kier alpha value is -4.53. The van der Waals surface area contributed by atoms with Crippen LogP contribution in [0.3, 0.4) is 0 Å². The summed E-state index contributed by atoms with van der Waals surface area (Å²) in [7, 11) is 1.39. The van der Waals surface area contributed by atoms with Crippen molar-refractivity contribution in [3.63, 3.8) is 0 Å². The molecule has 5 aromatic rings. The second kappa shape index (κ2) is 7.95. The largest absolute Gasteiger partial charge is 0.491 e. The van der Waals surface area contributed by atoms with Gasteiger partial charge >= 0.3 is 0 Å². The van der Waals surface area contributed by atoms with Gasteiger partial charge in [0.05, 0.1) is 37.2 Å². The summed E-state index contributed by atoms with van der Waals surface area (Å²) < 4.78 is 24.9. The molecule has 5 rings (SSSR count). The molecule has 0 N–H and O–H groups in total. The molecule has 0 saturated heterocycles. The zero-order chi connectivity index (χ0) is 22.1.